The molecule has 0 aliphatic carbocycles. The lowest BCUT2D eigenvalue weighted by Crippen LogP contribution is -1.81. The van der Waals surface area contributed by atoms with Crippen molar-refractivity contribution < 1.29 is 0 Å². The van der Waals surface area contributed by atoms with E-state index in [0.717, 1.165) is 11.1 Å². The van der Waals surface area contributed by atoms with E-state index in [-0.39, 0.29) is 0 Å². The summed E-state index contributed by atoms with van der Waals surface area (Å²) in [5.74, 6) is 0. The average Bonchev–Trinajstić information content (AvgIpc) is 2.39. The normalized spacial score (nSPS) is 11.1. The predicted molar refractivity (Wildman–Crippen MR) is 76.4 cm³/mol. The van der Waals surface area contributed by atoms with Crippen LogP contribution in [0.25, 0.3) is 11.6 Å². The van der Waals surface area contributed by atoms with Crippen molar-refractivity contribution in [1.29, 1.82) is 5.26 Å². The van der Waals surface area contributed by atoms with Gasteiger partial charge in [-0.15, -0.1) is 0 Å². The Balaban J connectivity index is 2.37. The molecule has 0 spiro atoms. The van der Waals surface area contributed by atoms with Gasteiger partial charge in [-0.1, -0.05) is 47.5 Å². The van der Waals surface area contributed by atoms with Crippen molar-refractivity contribution in [3.8, 4) is 6.07 Å². The molecule has 0 aliphatic heterocycles. The van der Waals surface area contributed by atoms with E-state index < -0.39 is 0 Å². The summed E-state index contributed by atoms with van der Waals surface area (Å²) in [6.07, 6.45) is 1.82. The fraction of sp³-hybridized carbons (Fsp3) is 0. The van der Waals surface area contributed by atoms with Crippen LogP contribution >= 0.6 is 23.2 Å². The Labute approximate surface area is 116 Å². The minimum Gasteiger partial charge on any atom is -0.192 e. The first-order valence-corrected chi connectivity index (χ1v) is 6.08. The molecule has 0 aromatic heterocycles. The van der Waals surface area contributed by atoms with E-state index >= 15 is 0 Å². The van der Waals surface area contributed by atoms with Crippen molar-refractivity contribution in [3.63, 3.8) is 0 Å². The van der Waals surface area contributed by atoms with Crippen molar-refractivity contribution in [3.05, 3.63) is 69.7 Å². The predicted octanol–water partition coefficient (Wildman–Crippen LogP) is 5.06. The quantitative estimate of drug-likeness (QED) is 0.554. The Morgan fingerprint density at radius 3 is 1.89 bits per heavy atom. The second-order valence-corrected chi connectivity index (χ2v) is 4.60. The Bertz CT molecular complexity index is 604. The smallest absolute Gasteiger partial charge is 0.0998 e. The van der Waals surface area contributed by atoms with Crippen LogP contribution in [0.2, 0.25) is 10.0 Å². The zero-order valence-corrected chi connectivity index (χ0v) is 10.9. The van der Waals surface area contributed by atoms with Crippen LogP contribution in [-0.4, -0.2) is 0 Å². The lowest BCUT2D eigenvalue weighted by molar-refractivity contribution is 1.52. The van der Waals surface area contributed by atoms with Crippen molar-refractivity contribution in [1.82, 2.24) is 0 Å². The highest BCUT2D eigenvalue weighted by molar-refractivity contribution is 6.30. The molecular formula is C15H9Cl2N. The SMILES string of the molecule is N#C/C(=C/c1ccc(Cl)cc1)c1ccc(Cl)cc1. The summed E-state index contributed by atoms with van der Waals surface area (Å²) in [6.45, 7) is 0. The third kappa shape index (κ3) is 3.13. The van der Waals surface area contributed by atoms with Crippen LogP contribution in [0.5, 0.6) is 0 Å². The van der Waals surface area contributed by atoms with Gasteiger partial charge in [0.25, 0.3) is 0 Å². The second kappa shape index (κ2) is 5.73. The number of hydrogen-bond acceptors (Lipinski definition) is 1. The van der Waals surface area contributed by atoms with E-state index in [2.05, 4.69) is 6.07 Å². The Morgan fingerprint density at radius 1 is 0.889 bits per heavy atom. The van der Waals surface area contributed by atoms with Gasteiger partial charge in [0.05, 0.1) is 11.6 Å². The van der Waals surface area contributed by atoms with Crippen LogP contribution in [0.3, 0.4) is 0 Å². The van der Waals surface area contributed by atoms with Gasteiger partial charge in [0.2, 0.25) is 0 Å². The van der Waals surface area contributed by atoms with Gasteiger partial charge in [0.1, 0.15) is 0 Å². The highest BCUT2D eigenvalue weighted by atomic mass is 35.5. The third-order valence-electron chi connectivity index (χ3n) is 2.46. The zero-order valence-electron chi connectivity index (χ0n) is 9.40. The summed E-state index contributed by atoms with van der Waals surface area (Å²) in [5.41, 5.74) is 2.37. The highest BCUT2D eigenvalue weighted by Gasteiger charge is 2.01. The van der Waals surface area contributed by atoms with Crippen molar-refractivity contribution >= 4 is 34.9 Å². The highest BCUT2D eigenvalue weighted by Crippen LogP contribution is 2.20. The second-order valence-electron chi connectivity index (χ2n) is 3.73. The fourth-order valence-corrected chi connectivity index (χ4v) is 1.79. The number of halogens is 2. The van der Waals surface area contributed by atoms with Crippen LogP contribution in [0.15, 0.2) is 48.5 Å². The first-order valence-electron chi connectivity index (χ1n) is 5.32. The minimum atomic E-state index is 0.592. The van der Waals surface area contributed by atoms with E-state index in [1.807, 2.05) is 30.3 Å². The standard InChI is InChI=1S/C15H9Cl2N/c16-14-5-1-11(2-6-14)9-13(10-18)12-3-7-15(17)8-4-12/h1-9H/b13-9-. The molecule has 2 rings (SSSR count). The van der Waals surface area contributed by atoms with Gasteiger partial charge in [-0.25, -0.2) is 0 Å². The molecule has 0 atom stereocenters. The first-order chi connectivity index (χ1) is 8.69. The van der Waals surface area contributed by atoms with E-state index in [9.17, 15) is 5.26 Å². The molecule has 2 aromatic rings. The molecule has 0 fully saturated rings. The molecule has 0 saturated heterocycles. The molecule has 0 saturated carbocycles. The lowest BCUT2D eigenvalue weighted by Gasteiger charge is -2.00. The fourth-order valence-electron chi connectivity index (χ4n) is 1.54. The number of nitriles is 1. The maximum Gasteiger partial charge on any atom is 0.0998 e. The summed E-state index contributed by atoms with van der Waals surface area (Å²) in [7, 11) is 0. The molecule has 0 amide bonds. The van der Waals surface area contributed by atoms with Crippen LogP contribution in [0.4, 0.5) is 0 Å². The van der Waals surface area contributed by atoms with Gasteiger partial charge in [0, 0.05) is 10.0 Å². The van der Waals surface area contributed by atoms with E-state index in [1.165, 1.54) is 0 Å². The zero-order chi connectivity index (χ0) is 13.0. The van der Waals surface area contributed by atoms with Crippen LogP contribution in [0, 0.1) is 11.3 Å². The summed E-state index contributed by atoms with van der Waals surface area (Å²) >= 11 is 11.6. The number of hydrogen-bond donors (Lipinski definition) is 0. The van der Waals surface area contributed by atoms with Crippen LogP contribution in [0.1, 0.15) is 11.1 Å². The van der Waals surface area contributed by atoms with E-state index in [1.54, 1.807) is 24.3 Å². The number of rotatable bonds is 2. The van der Waals surface area contributed by atoms with Crippen LogP contribution < -0.4 is 0 Å². The van der Waals surface area contributed by atoms with Gasteiger partial charge in [0.15, 0.2) is 0 Å². The maximum atomic E-state index is 9.19. The summed E-state index contributed by atoms with van der Waals surface area (Å²) in [4.78, 5) is 0. The summed E-state index contributed by atoms with van der Waals surface area (Å²) in [5, 5.41) is 10.5. The minimum absolute atomic E-state index is 0.592. The van der Waals surface area contributed by atoms with Gasteiger partial charge in [-0.3, -0.25) is 0 Å². The number of nitrogens with zero attached hydrogens (tertiary/aromatic N) is 1. The molecule has 18 heavy (non-hydrogen) atoms. The van der Waals surface area contributed by atoms with Crippen molar-refractivity contribution in [2.24, 2.45) is 0 Å². The Morgan fingerprint density at radius 2 is 1.39 bits per heavy atom. The molecule has 2 aromatic carbocycles. The van der Waals surface area contributed by atoms with Gasteiger partial charge < -0.3 is 0 Å². The average molecular weight is 274 g/mol. The van der Waals surface area contributed by atoms with Gasteiger partial charge in [-0.05, 0) is 41.5 Å². The van der Waals surface area contributed by atoms with Gasteiger partial charge in [-0.2, -0.15) is 5.26 Å². The molecule has 88 valence electrons. The molecule has 0 bridgehead atoms. The van der Waals surface area contributed by atoms with Crippen molar-refractivity contribution in [2.75, 3.05) is 0 Å². The van der Waals surface area contributed by atoms with Gasteiger partial charge >= 0.3 is 0 Å². The lowest BCUT2D eigenvalue weighted by atomic mass is 10.0. The summed E-state index contributed by atoms with van der Waals surface area (Å²) < 4.78 is 0. The Hall–Kier alpha value is -1.75. The van der Waals surface area contributed by atoms with E-state index in [0.29, 0.717) is 15.6 Å². The monoisotopic (exact) mass is 273 g/mol. The number of allylic oxidation sites excluding steroid dienone is 1. The third-order valence-corrected chi connectivity index (χ3v) is 2.96. The largest absolute Gasteiger partial charge is 0.192 e. The molecule has 1 nitrogen and oxygen atoms in total. The molecule has 0 heterocycles. The number of benzene rings is 2. The molecule has 3 heteroatoms. The summed E-state index contributed by atoms with van der Waals surface area (Å²) in [6, 6.07) is 16.7. The van der Waals surface area contributed by atoms with Crippen molar-refractivity contribution in [2.45, 2.75) is 0 Å². The first kappa shape index (κ1) is 12.7. The topological polar surface area (TPSA) is 23.8 Å². The molecule has 0 radical (unpaired) electrons. The van der Waals surface area contributed by atoms with Crippen LogP contribution in [-0.2, 0) is 0 Å². The van der Waals surface area contributed by atoms with E-state index in [4.69, 9.17) is 23.2 Å². The molecule has 0 unspecified atom stereocenters. The molecular weight excluding hydrogens is 265 g/mol. The Kier molecular flexibility index (Phi) is 4.04. The maximum absolute atomic E-state index is 9.19. The molecule has 0 N–H and O–H groups in total. The molecule has 0 aliphatic rings.